The molecule has 0 radical (unpaired) electrons. The van der Waals surface area contributed by atoms with Crippen molar-refractivity contribution in [3.63, 3.8) is 0 Å². The number of nitrogens with zero attached hydrogens (tertiary/aromatic N) is 1. The number of hydrogen-bond donors (Lipinski definition) is 0. The van der Waals surface area contributed by atoms with Gasteiger partial charge in [0.1, 0.15) is 0 Å². The standard InChI is InChI=1S/C15H15NO/c1-13(15-10-6-3-7-11-15)16(17)12-14-8-4-2-5-9-14/h2-13H,1H3/b16-12+. The largest absolute Gasteiger partial charge is 0.623 e. The highest BCUT2D eigenvalue weighted by atomic mass is 16.5. The third kappa shape index (κ3) is 2.94. The molecule has 2 rings (SSSR count). The maximum Gasteiger partial charge on any atom is 0.185 e. The molecule has 0 spiro atoms. The Morgan fingerprint density at radius 2 is 1.47 bits per heavy atom. The molecule has 0 bridgehead atoms. The lowest BCUT2D eigenvalue weighted by Crippen LogP contribution is -2.11. The van der Waals surface area contributed by atoms with Crippen LogP contribution in [0, 0.1) is 5.21 Å². The molecule has 0 heterocycles. The Morgan fingerprint density at radius 1 is 0.941 bits per heavy atom. The van der Waals surface area contributed by atoms with Gasteiger partial charge in [0, 0.05) is 18.1 Å². The van der Waals surface area contributed by atoms with Gasteiger partial charge in [-0.2, -0.15) is 0 Å². The molecule has 0 fully saturated rings. The van der Waals surface area contributed by atoms with E-state index in [2.05, 4.69) is 0 Å². The normalized spacial score (nSPS) is 13.4. The minimum absolute atomic E-state index is 0.170. The number of rotatable bonds is 3. The van der Waals surface area contributed by atoms with Crippen LogP contribution in [-0.4, -0.2) is 11.0 Å². The van der Waals surface area contributed by atoms with Crippen molar-refractivity contribution >= 4 is 6.21 Å². The van der Waals surface area contributed by atoms with Gasteiger partial charge in [-0.3, -0.25) is 0 Å². The van der Waals surface area contributed by atoms with Crippen molar-refractivity contribution in [3.8, 4) is 0 Å². The van der Waals surface area contributed by atoms with Crippen LogP contribution >= 0.6 is 0 Å². The SMILES string of the molecule is CC(c1ccccc1)/[N+]([O-])=C\c1ccccc1. The van der Waals surface area contributed by atoms with E-state index in [1.165, 1.54) is 0 Å². The van der Waals surface area contributed by atoms with E-state index >= 15 is 0 Å². The smallest absolute Gasteiger partial charge is 0.185 e. The van der Waals surface area contributed by atoms with Crippen LogP contribution in [0.5, 0.6) is 0 Å². The van der Waals surface area contributed by atoms with E-state index in [-0.39, 0.29) is 6.04 Å². The third-order valence-corrected chi connectivity index (χ3v) is 2.74. The zero-order valence-corrected chi connectivity index (χ0v) is 9.78. The summed E-state index contributed by atoms with van der Waals surface area (Å²) in [6, 6.07) is 19.2. The number of hydroxylamine groups is 1. The zero-order valence-electron chi connectivity index (χ0n) is 9.78. The van der Waals surface area contributed by atoms with Crippen LogP contribution in [0.3, 0.4) is 0 Å². The molecule has 0 saturated carbocycles. The van der Waals surface area contributed by atoms with Crippen molar-refractivity contribution in [1.29, 1.82) is 0 Å². The molecule has 0 saturated heterocycles. The summed E-state index contributed by atoms with van der Waals surface area (Å²) in [6.45, 7) is 1.90. The predicted molar refractivity (Wildman–Crippen MR) is 70.1 cm³/mol. The lowest BCUT2D eigenvalue weighted by atomic mass is 10.1. The van der Waals surface area contributed by atoms with Gasteiger partial charge in [-0.15, -0.1) is 0 Å². The van der Waals surface area contributed by atoms with Crippen LogP contribution in [0.2, 0.25) is 0 Å². The Balaban J connectivity index is 2.21. The summed E-state index contributed by atoms with van der Waals surface area (Å²) in [5, 5.41) is 12.0. The van der Waals surface area contributed by atoms with Gasteiger partial charge in [-0.05, 0) is 12.1 Å². The van der Waals surface area contributed by atoms with Gasteiger partial charge in [0.25, 0.3) is 0 Å². The fourth-order valence-electron chi connectivity index (χ4n) is 1.68. The third-order valence-electron chi connectivity index (χ3n) is 2.74. The van der Waals surface area contributed by atoms with Gasteiger partial charge in [0.2, 0.25) is 0 Å². The molecule has 86 valence electrons. The Hall–Kier alpha value is -2.09. The first kappa shape index (κ1) is 11.4. The molecule has 0 N–H and O–H groups in total. The lowest BCUT2D eigenvalue weighted by molar-refractivity contribution is -0.498. The fourth-order valence-corrected chi connectivity index (χ4v) is 1.68. The molecule has 1 unspecified atom stereocenters. The van der Waals surface area contributed by atoms with Crippen LogP contribution in [0.25, 0.3) is 0 Å². The monoisotopic (exact) mass is 225 g/mol. The molecule has 2 aromatic rings. The first-order valence-electron chi connectivity index (χ1n) is 5.68. The quantitative estimate of drug-likeness (QED) is 0.340. The van der Waals surface area contributed by atoms with Crippen LogP contribution in [0.15, 0.2) is 60.7 Å². The second-order valence-electron chi connectivity index (χ2n) is 3.99. The van der Waals surface area contributed by atoms with Gasteiger partial charge >= 0.3 is 0 Å². The molecular weight excluding hydrogens is 210 g/mol. The molecule has 0 aromatic heterocycles. The van der Waals surface area contributed by atoms with Crippen molar-refractivity contribution in [1.82, 2.24) is 0 Å². The average molecular weight is 225 g/mol. The minimum atomic E-state index is -0.170. The molecule has 0 aliphatic heterocycles. The van der Waals surface area contributed by atoms with Crippen LogP contribution in [-0.2, 0) is 0 Å². The van der Waals surface area contributed by atoms with Gasteiger partial charge in [0.05, 0.1) is 0 Å². The lowest BCUT2D eigenvalue weighted by Gasteiger charge is -2.12. The van der Waals surface area contributed by atoms with E-state index in [1.807, 2.05) is 67.6 Å². The summed E-state index contributed by atoms with van der Waals surface area (Å²) >= 11 is 0. The van der Waals surface area contributed by atoms with E-state index in [4.69, 9.17) is 0 Å². The Labute approximate surface area is 101 Å². The molecule has 0 amide bonds. The highest BCUT2D eigenvalue weighted by Gasteiger charge is 2.11. The van der Waals surface area contributed by atoms with Gasteiger partial charge in [-0.25, -0.2) is 4.74 Å². The second kappa shape index (κ2) is 5.30. The number of benzene rings is 2. The van der Waals surface area contributed by atoms with Crippen molar-refractivity contribution < 1.29 is 4.74 Å². The molecule has 2 nitrogen and oxygen atoms in total. The molecule has 1 atom stereocenters. The molecule has 2 aromatic carbocycles. The van der Waals surface area contributed by atoms with E-state index in [1.54, 1.807) is 6.21 Å². The maximum atomic E-state index is 12.0. The molecular formula is C15H15NO. The van der Waals surface area contributed by atoms with Gasteiger partial charge in [0.15, 0.2) is 12.3 Å². The van der Waals surface area contributed by atoms with E-state index < -0.39 is 0 Å². The minimum Gasteiger partial charge on any atom is -0.623 e. The maximum absolute atomic E-state index is 12.0. The fraction of sp³-hybridized carbons (Fsp3) is 0.133. The Kier molecular flexibility index (Phi) is 3.55. The van der Waals surface area contributed by atoms with E-state index in [0.29, 0.717) is 0 Å². The summed E-state index contributed by atoms with van der Waals surface area (Å²) < 4.78 is 0.991. The van der Waals surface area contributed by atoms with E-state index in [9.17, 15) is 5.21 Å². The van der Waals surface area contributed by atoms with Crippen LogP contribution in [0.1, 0.15) is 24.1 Å². The van der Waals surface area contributed by atoms with Gasteiger partial charge < -0.3 is 5.21 Å². The number of hydrogen-bond acceptors (Lipinski definition) is 1. The van der Waals surface area contributed by atoms with Crippen LogP contribution < -0.4 is 0 Å². The highest BCUT2D eigenvalue weighted by Crippen LogP contribution is 2.14. The van der Waals surface area contributed by atoms with Crippen molar-refractivity contribution in [2.45, 2.75) is 13.0 Å². The molecule has 0 aliphatic carbocycles. The molecule has 17 heavy (non-hydrogen) atoms. The summed E-state index contributed by atoms with van der Waals surface area (Å²) in [5.41, 5.74) is 1.94. The van der Waals surface area contributed by atoms with E-state index in [0.717, 1.165) is 15.9 Å². The Morgan fingerprint density at radius 3 is 2.06 bits per heavy atom. The highest BCUT2D eigenvalue weighted by molar-refractivity contribution is 5.75. The first-order valence-corrected chi connectivity index (χ1v) is 5.68. The van der Waals surface area contributed by atoms with Crippen molar-refractivity contribution in [3.05, 3.63) is 77.0 Å². The summed E-state index contributed by atoms with van der Waals surface area (Å²) in [4.78, 5) is 0. The average Bonchev–Trinajstić information content (AvgIpc) is 2.40. The van der Waals surface area contributed by atoms with Gasteiger partial charge in [-0.1, -0.05) is 48.5 Å². The Bertz CT molecular complexity index is 491. The summed E-state index contributed by atoms with van der Waals surface area (Å²) in [5.74, 6) is 0. The second-order valence-corrected chi connectivity index (χ2v) is 3.99. The van der Waals surface area contributed by atoms with Crippen LogP contribution in [0.4, 0.5) is 0 Å². The summed E-state index contributed by atoms with van der Waals surface area (Å²) in [7, 11) is 0. The van der Waals surface area contributed by atoms with Crippen molar-refractivity contribution in [2.24, 2.45) is 0 Å². The zero-order chi connectivity index (χ0) is 12.1. The molecule has 0 aliphatic rings. The molecule has 2 heteroatoms. The van der Waals surface area contributed by atoms with Crippen molar-refractivity contribution in [2.75, 3.05) is 0 Å². The first-order chi connectivity index (χ1) is 8.27. The topological polar surface area (TPSA) is 26.1 Å². The predicted octanol–water partition coefficient (Wildman–Crippen LogP) is 3.38. The summed E-state index contributed by atoms with van der Waals surface area (Å²) in [6.07, 6.45) is 1.62.